The highest BCUT2D eigenvalue weighted by Gasteiger charge is 1.93. The topological polar surface area (TPSA) is 61.7 Å². The van der Waals surface area contributed by atoms with E-state index in [4.69, 9.17) is 5.11 Å². The summed E-state index contributed by atoms with van der Waals surface area (Å²) in [7, 11) is 1.60. The van der Waals surface area contributed by atoms with E-state index in [0.717, 1.165) is 0 Å². The molecule has 0 radical (unpaired) electrons. The molecule has 0 saturated carbocycles. The molecule has 0 aliphatic rings. The molecule has 0 aliphatic carbocycles. The Morgan fingerprint density at radius 1 is 1.70 bits per heavy atom. The second kappa shape index (κ2) is 6.35. The van der Waals surface area contributed by atoms with Crippen LogP contribution in [0.3, 0.4) is 0 Å². The molecule has 0 atom stereocenters. The maximum absolute atomic E-state index is 9.90. The number of hydrogen-bond acceptors (Lipinski definition) is 2. The van der Waals surface area contributed by atoms with Gasteiger partial charge in [0, 0.05) is 7.05 Å². The highest BCUT2D eigenvalue weighted by atomic mass is 35.5. The summed E-state index contributed by atoms with van der Waals surface area (Å²) in [6, 6.07) is 0. The minimum absolute atomic E-state index is 0. The fraction of sp³-hybridized carbons (Fsp3) is 0.600. The van der Waals surface area contributed by atoms with Crippen molar-refractivity contribution in [2.24, 2.45) is 4.99 Å². The number of nitrogens with one attached hydrogen (secondary N) is 1. The normalized spacial score (nSPS) is 10.0. The SMILES string of the molecule is CN=C(C)NCC(=O)O.Cl. The van der Waals surface area contributed by atoms with Crippen LogP contribution >= 0.6 is 12.4 Å². The smallest absolute Gasteiger partial charge is 0.322 e. The van der Waals surface area contributed by atoms with Crippen LogP contribution < -0.4 is 5.32 Å². The lowest BCUT2D eigenvalue weighted by molar-refractivity contribution is -0.135. The quantitative estimate of drug-likeness (QED) is 0.453. The second-order valence-corrected chi connectivity index (χ2v) is 1.56. The number of amidine groups is 1. The molecular formula is C5H11ClN2O2. The minimum Gasteiger partial charge on any atom is -0.480 e. The van der Waals surface area contributed by atoms with Gasteiger partial charge in [-0.3, -0.25) is 9.79 Å². The number of hydrogen-bond donors (Lipinski definition) is 2. The van der Waals surface area contributed by atoms with Crippen LogP contribution in [0.5, 0.6) is 0 Å². The van der Waals surface area contributed by atoms with Crippen molar-refractivity contribution in [1.29, 1.82) is 0 Å². The first-order valence-electron chi connectivity index (χ1n) is 2.56. The molecule has 60 valence electrons. The Balaban J connectivity index is 0. The highest BCUT2D eigenvalue weighted by Crippen LogP contribution is 1.66. The van der Waals surface area contributed by atoms with Crippen LogP contribution in [0.4, 0.5) is 0 Å². The van der Waals surface area contributed by atoms with Crippen LogP contribution in [0.25, 0.3) is 0 Å². The van der Waals surface area contributed by atoms with Gasteiger partial charge in [0.2, 0.25) is 0 Å². The van der Waals surface area contributed by atoms with Crippen molar-refractivity contribution in [3.05, 3.63) is 0 Å². The van der Waals surface area contributed by atoms with Crippen molar-refractivity contribution in [3.8, 4) is 0 Å². The minimum atomic E-state index is -0.877. The van der Waals surface area contributed by atoms with Gasteiger partial charge in [-0.2, -0.15) is 0 Å². The van der Waals surface area contributed by atoms with Gasteiger partial charge in [-0.1, -0.05) is 0 Å². The summed E-state index contributed by atoms with van der Waals surface area (Å²) in [6.07, 6.45) is 0. The summed E-state index contributed by atoms with van der Waals surface area (Å²) in [5.41, 5.74) is 0. The van der Waals surface area contributed by atoms with Crippen molar-refractivity contribution in [3.63, 3.8) is 0 Å². The van der Waals surface area contributed by atoms with Crippen molar-refractivity contribution in [1.82, 2.24) is 5.32 Å². The Morgan fingerprint density at radius 2 is 2.20 bits per heavy atom. The predicted molar refractivity (Wildman–Crippen MR) is 41.9 cm³/mol. The van der Waals surface area contributed by atoms with Gasteiger partial charge in [0.25, 0.3) is 0 Å². The number of carbonyl (C=O) groups is 1. The van der Waals surface area contributed by atoms with Crippen LogP contribution in [0.1, 0.15) is 6.92 Å². The van der Waals surface area contributed by atoms with E-state index in [9.17, 15) is 4.79 Å². The van der Waals surface area contributed by atoms with Gasteiger partial charge in [-0.25, -0.2) is 0 Å². The molecule has 0 aliphatic heterocycles. The molecule has 0 aromatic rings. The number of nitrogens with zero attached hydrogens (tertiary/aromatic N) is 1. The van der Waals surface area contributed by atoms with Crippen LogP contribution in [0.15, 0.2) is 4.99 Å². The molecule has 10 heavy (non-hydrogen) atoms. The summed E-state index contributed by atoms with van der Waals surface area (Å²) in [5, 5.41) is 10.7. The summed E-state index contributed by atoms with van der Waals surface area (Å²) in [4.78, 5) is 13.6. The zero-order chi connectivity index (χ0) is 7.28. The average molecular weight is 167 g/mol. The Kier molecular flexibility index (Phi) is 7.60. The lowest BCUT2D eigenvalue weighted by atomic mass is 10.6. The third-order valence-corrected chi connectivity index (χ3v) is 0.831. The van der Waals surface area contributed by atoms with Crippen molar-refractivity contribution in [2.75, 3.05) is 13.6 Å². The van der Waals surface area contributed by atoms with E-state index in [1.165, 1.54) is 0 Å². The summed E-state index contributed by atoms with van der Waals surface area (Å²) < 4.78 is 0. The molecule has 0 saturated heterocycles. The second-order valence-electron chi connectivity index (χ2n) is 1.56. The van der Waals surface area contributed by atoms with Crippen LogP contribution in [0.2, 0.25) is 0 Å². The Hall–Kier alpha value is -0.770. The third kappa shape index (κ3) is 7.23. The number of rotatable bonds is 2. The van der Waals surface area contributed by atoms with Gasteiger partial charge in [-0.05, 0) is 6.92 Å². The number of carboxylic acids is 1. The first-order chi connectivity index (χ1) is 4.16. The molecule has 0 aromatic carbocycles. The summed E-state index contributed by atoms with van der Waals surface area (Å²) >= 11 is 0. The highest BCUT2D eigenvalue weighted by molar-refractivity contribution is 5.85. The largest absolute Gasteiger partial charge is 0.480 e. The fourth-order valence-corrected chi connectivity index (χ4v) is 0.283. The lowest BCUT2D eigenvalue weighted by Crippen LogP contribution is -2.26. The third-order valence-electron chi connectivity index (χ3n) is 0.831. The van der Waals surface area contributed by atoms with Gasteiger partial charge < -0.3 is 10.4 Å². The van der Waals surface area contributed by atoms with E-state index in [-0.39, 0.29) is 19.0 Å². The van der Waals surface area contributed by atoms with Gasteiger partial charge in [0.15, 0.2) is 0 Å². The molecule has 0 aromatic heterocycles. The van der Waals surface area contributed by atoms with E-state index < -0.39 is 5.97 Å². The molecule has 0 bridgehead atoms. The standard InChI is InChI=1S/C5H10N2O2.ClH/c1-4(6-2)7-3-5(8)9;/h3H2,1-2H3,(H,6,7)(H,8,9);1H. The number of aliphatic imine (C=N–C) groups is 1. The van der Waals surface area contributed by atoms with Crippen molar-refractivity contribution >= 4 is 24.2 Å². The molecule has 5 heteroatoms. The fourth-order valence-electron chi connectivity index (χ4n) is 0.283. The molecule has 0 unspecified atom stereocenters. The van der Waals surface area contributed by atoms with Gasteiger partial charge in [0.05, 0.1) is 5.84 Å². The Morgan fingerprint density at radius 3 is 2.50 bits per heavy atom. The van der Waals surface area contributed by atoms with E-state index in [1.807, 2.05) is 0 Å². The van der Waals surface area contributed by atoms with Crippen LogP contribution in [-0.2, 0) is 4.79 Å². The van der Waals surface area contributed by atoms with Crippen molar-refractivity contribution in [2.45, 2.75) is 6.92 Å². The van der Waals surface area contributed by atoms with E-state index >= 15 is 0 Å². The maximum Gasteiger partial charge on any atom is 0.322 e. The average Bonchev–Trinajstić information content (AvgIpc) is 1.83. The van der Waals surface area contributed by atoms with E-state index in [0.29, 0.717) is 5.84 Å². The van der Waals surface area contributed by atoms with Crippen LogP contribution in [0, 0.1) is 0 Å². The van der Waals surface area contributed by atoms with E-state index in [1.54, 1.807) is 14.0 Å². The Bertz CT molecular complexity index is 136. The number of halogens is 1. The zero-order valence-electron chi connectivity index (χ0n) is 5.92. The molecule has 0 amide bonds. The maximum atomic E-state index is 9.90. The molecular weight excluding hydrogens is 156 g/mol. The molecule has 4 nitrogen and oxygen atoms in total. The molecule has 0 rings (SSSR count). The Labute approximate surface area is 65.8 Å². The molecule has 0 heterocycles. The lowest BCUT2D eigenvalue weighted by Gasteiger charge is -1.98. The first kappa shape index (κ1) is 12.0. The summed E-state index contributed by atoms with van der Waals surface area (Å²) in [6.45, 7) is 1.64. The van der Waals surface area contributed by atoms with Crippen molar-refractivity contribution < 1.29 is 9.90 Å². The molecule has 0 fully saturated rings. The number of aliphatic carboxylic acids is 1. The zero-order valence-corrected chi connectivity index (χ0v) is 6.73. The molecule has 0 spiro atoms. The van der Waals surface area contributed by atoms with Gasteiger partial charge >= 0.3 is 5.97 Å². The monoisotopic (exact) mass is 166 g/mol. The van der Waals surface area contributed by atoms with Gasteiger partial charge in [-0.15, -0.1) is 12.4 Å². The van der Waals surface area contributed by atoms with E-state index in [2.05, 4.69) is 10.3 Å². The van der Waals surface area contributed by atoms with Gasteiger partial charge in [0.1, 0.15) is 6.54 Å². The summed E-state index contributed by atoms with van der Waals surface area (Å²) in [5.74, 6) is -0.240. The molecule has 2 N–H and O–H groups in total. The number of carboxylic acid groups (broad SMARTS) is 1. The predicted octanol–water partition coefficient (Wildman–Crippen LogP) is 0.131. The van der Waals surface area contributed by atoms with Crippen LogP contribution in [-0.4, -0.2) is 30.5 Å². The first-order valence-corrected chi connectivity index (χ1v) is 2.56.